The van der Waals surface area contributed by atoms with Crippen molar-refractivity contribution in [1.29, 1.82) is 0 Å². The van der Waals surface area contributed by atoms with E-state index in [0.29, 0.717) is 0 Å². The lowest BCUT2D eigenvalue weighted by Crippen LogP contribution is -2.61. The number of rotatable bonds is 9. The quantitative estimate of drug-likeness (QED) is 0.589. The van der Waals surface area contributed by atoms with Crippen LogP contribution in [0.1, 0.15) is 25.0 Å². The Bertz CT molecular complexity index is 857. The van der Waals surface area contributed by atoms with Crippen molar-refractivity contribution in [2.75, 3.05) is 6.61 Å². The molecular weight excluding hydrogens is 416 g/mol. The molecule has 0 aliphatic carbocycles. The summed E-state index contributed by atoms with van der Waals surface area (Å²) in [7, 11) is 0. The molecule has 172 valence electrons. The molecule has 0 amide bonds. The Hall–Kier alpha value is -2.78. The average molecular weight is 444 g/mol. The molecule has 8 heteroatoms. The first-order valence-electron chi connectivity index (χ1n) is 10.4. The molecule has 0 saturated carbocycles. The summed E-state index contributed by atoms with van der Waals surface area (Å²) in [4.78, 5) is 23.1. The van der Waals surface area contributed by atoms with E-state index in [2.05, 4.69) is 0 Å². The molecule has 5 atom stereocenters. The van der Waals surface area contributed by atoms with Crippen molar-refractivity contribution in [2.24, 2.45) is 0 Å². The second kappa shape index (κ2) is 11.7. The van der Waals surface area contributed by atoms with Gasteiger partial charge in [-0.2, -0.15) is 0 Å². The lowest BCUT2D eigenvalue weighted by Gasteiger charge is -2.43. The van der Waals surface area contributed by atoms with Crippen molar-refractivity contribution in [3.05, 3.63) is 71.8 Å². The summed E-state index contributed by atoms with van der Waals surface area (Å²) in [5, 5.41) is 10.7. The van der Waals surface area contributed by atoms with E-state index in [-0.39, 0.29) is 19.8 Å². The van der Waals surface area contributed by atoms with Crippen LogP contribution in [-0.2, 0) is 46.5 Å². The van der Waals surface area contributed by atoms with E-state index in [1.54, 1.807) is 0 Å². The van der Waals surface area contributed by atoms with Crippen LogP contribution in [0, 0.1) is 0 Å². The average Bonchev–Trinajstić information content (AvgIpc) is 2.78. The number of esters is 2. The van der Waals surface area contributed by atoms with Gasteiger partial charge in [0, 0.05) is 13.8 Å². The molecular formula is C24H28O8. The lowest BCUT2D eigenvalue weighted by molar-refractivity contribution is -0.309. The number of benzene rings is 2. The normalized spacial score (nSPS) is 25.2. The maximum absolute atomic E-state index is 11.8. The van der Waals surface area contributed by atoms with Crippen LogP contribution in [0.2, 0.25) is 0 Å². The van der Waals surface area contributed by atoms with E-state index >= 15 is 0 Å². The molecule has 1 aliphatic rings. The fourth-order valence-corrected chi connectivity index (χ4v) is 3.46. The Morgan fingerprint density at radius 1 is 0.812 bits per heavy atom. The number of hydrogen-bond acceptors (Lipinski definition) is 8. The summed E-state index contributed by atoms with van der Waals surface area (Å²) < 4.78 is 28.3. The zero-order chi connectivity index (χ0) is 22.9. The summed E-state index contributed by atoms with van der Waals surface area (Å²) in [5.41, 5.74) is 1.79. The molecule has 0 radical (unpaired) electrons. The standard InChI is InChI=1S/C24H28O8/c1-16(25)28-15-20-21(31-17(2)26)22(29-13-18-9-5-3-6-10-18)23(24(27)32-20)30-14-19-11-7-4-8-12-19/h3-12,20-24,27H,13-15H2,1-2H3/t20-,21-,22+,23-,24?/m1/s1. The molecule has 1 aliphatic heterocycles. The number of aliphatic hydroxyl groups is 1. The van der Waals surface area contributed by atoms with Crippen LogP contribution in [0.4, 0.5) is 0 Å². The smallest absolute Gasteiger partial charge is 0.303 e. The van der Waals surface area contributed by atoms with Crippen molar-refractivity contribution < 1.29 is 38.4 Å². The van der Waals surface area contributed by atoms with Crippen molar-refractivity contribution in [3.63, 3.8) is 0 Å². The van der Waals surface area contributed by atoms with Crippen LogP contribution in [0.15, 0.2) is 60.7 Å². The largest absolute Gasteiger partial charge is 0.463 e. The minimum absolute atomic E-state index is 0.193. The van der Waals surface area contributed by atoms with Gasteiger partial charge < -0.3 is 28.8 Å². The molecule has 32 heavy (non-hydrogen) atoms. The van der Waals surface area contributed by atoms with E-state index < -0.39 is 42.6 Å². The number of aliphatic hydroxyl groups excluding tert-OH is 1. The molecule has 0 bridgehead atoms. The summed E-state index contributed by atoms with van der Waals surface area (Å²) in [5.74, 6) is -1.08. The third-order valence-corrected chi connectivity index (χ3v) is 4.93. The first-order chi connectivity index (χ1) is 15.4. The van der Waals surface area contributed by atoms with E-state index in [4.69, 9.17) is 23.7 Å². The second-order valence-corrected chi connectivity index (χ2v) is 7.46. The molecule has 1 unspecified atom stereocenters. The zero-order valence-corrected chi connectivity index (χ0v) is 18.1. The zero-order valence-electron chi connectivity index (χ0n) is 18.1. The summed E-state index contributed by atoms with van der Waals surface area (Å²) in [6.07, 6.45) is -5.08. The molecule has 1 N–H and O–H groups in total. The highest BCUT2D eigenvalue weighted by Gasteiger charge is 2.49. The first-order valence-corrected chi connectivity index (χ1v) is 10.4. The van der Waals surface area contributed by atoms with Gasteiger partial charge in [0.2, 0.25) is 0 Å². The highest BCUT2D eigenvalue weighted by Crippen LogP contribution is 2.29. The number of carbonyl (C=O) groups is 2. The fraction of sp³-hybridized carbons (Fsp3) is 0.417. The molecule has 0 spiro atoms. The van der Waals surface area contributed by atoms with Gasteiger partial charge in [0.1, 0.15) is 24.9 Å². The van der Waals surface area contributed by atoms with Gasteiger partial charge in [0.05, 0.1) is 13.2 Å². The van der Waals surface area contributed by atoms with Crippen LogP contribution in [-0.4, -0.2) is 54.4 Å². The summed E-state index contributed by atoms with van der Waals surface area (Å²) in [6, 6.07) is 18.9. The lowest BCUT2D eigenvalue weighted by atomic mass is 9.98. The predicted octanol–water partition coefficient (Wildman–Crippen LogP) is 2.37. The second-order valence-electron chi connectivity index (χ2n) is 7.46. The number of hydrogen-bond donors (Lipinski definition) is 1. The Labute approximate surface area is 187 Å². The SMILES string of the molecule is CC(=O)OC[C@H]1OC(O)[C@H](OCc2ccccc2)[C@@H](OCc2ccccc2)[C@@H]1OC(C)=O. The van der Waals surface area contributed by atoms with E-state index in [9.17, 15) is 14.7 Å². The van der Waals surface area contributed by atoms with Gasteiger partial charge in [-0.15, -0.1) is 0 Å². The Morgan fingerprint density at radius 2 is 1.34 bits per heavy atom. The first kappa shape index (κ1) is 23.9. The fourth-order valence-electron chi connectivity index (χ4n) is 3.46. The van der Waals surface area contributed by atoms with Crippen molar-refractivity contribution in [2.45, 2.75) is 57.8 Å². The van der Waals surface area contributed by atoms with Gasteiger partial charge in [-0.25, -0.2) is 0 Å². The molecule has 1 saturated heterocycles. The van der Waals surface area contributed by atoms with Crippen LogP contribution in [0.5, 0.6) is 0 Å². The van der Waals surface area contributed by atoms with Crippen LogP contribution in [0.25, 0.3) is 0 Å². The molecule has 0 aromatic heterocycles. The number of ether oxygens (including phenoxy) is 5. The highest BCUT2D eigenvalue weighted by atomic mass is 16.7. The van der Waals surface area contributed by atoms with Gasteiger partial charge in [-0.3, -0.25) is 9.59 Å². The Morgan fingerprint density at radius 3 is 1.84 bits per heavy atom. The summed E-state index contributed by atoms with van der Waals surface area (Å²) in [6.45, 7) is 2.71. The third kappa shape index (κ3) is 6.86. The molecule has 2 aromatic carbocycles. The van der Waals surface area contributed by atoms with Crippen LogP contribution < -0.4 is 0 Å². The van der Waals surface area contributed by atoms with Gasteiger partial charge >= 0.3 is 11.9 Å². The van der Waals surface area contributed by atoms with Crippen molar-refractivity contribution in [1.82, 2.24) is 0 Å². The Kier molecular flexibility index (Phi) is 8.75. The molecule has 2 aromatic rings. The van der Waals surface area contributed by atoms with Crippen LogP contribution >= 0.6 is 0 Å². The van der Waals surface area contributed by atoms with Crippen molar-refractivity contribution >= 4 is 11.9 Å². The minimum atomic E-state index is -1.38. The molecule has 3 rings (SSSR count). The maximum atomic E-state index is 11.8. The van der Waals surface area contributed by atoms with Gasteiger partial charge in [-0.05, 0) is 11.1 Å². The molecule has 1 heterocycles. The van der Waals surface area contributed by atoms with Gasteiger partial charge in [0.25, 0.3) is 0 Å². The number of carbonyl (C=O) groups excluding carboxylic acids is 2. The van der Waals surface area contributed by atoms with E-state index in [1.807, 2.05) is 60.7 Å². The maximum Gasteiger partial charge on any atom is 0.303 e. The molecule has 1 fully saturated rings. The molecule has 8 nitrogen and oxygen atoms in total. The summed E-state index contributed by atoms with van der Waals surface area (Å²) >= 11 is 0. The van der Waals surface area contributed by atoms with Gasteiger partial charge in [-0.1, -0.05) is 60.7 Å². The van der Waals surface area contributed by atoms with E-state index in [0.717, 1.165) is 11.1 Å². The van der Waals surface area contributed by atoms with Gasteiger partial charge in [0.15, 0.2) is 12.4 Å². The highest BCUT2D eigenvalue weighted by molar-refractivity contribution is 5.66. The van der Waals surface area contributed by atoms with Crippen LogP contribution in [0.3, 0.4) is 0 Å². The van der Waals surface area contributed by atoms with E-state index in [1.165, 1.54) is 13.8 Å². The monoisotopic (exact) mass is 444 g/mol. The predicted molar refractivity (Wildman–Crippen MR) is 113 cm³/mol. The van der Waals surface area contributed by atoms with Crippen molar-refractivity contribution in [3.8, 4) is 0 Å². The Balaban J connectivity index is 1.82. The minimum Gasteiger partial charge on any atom is -0.463 e. The topological polar surface area (TPSA) is 101 Å². The third-order valence-electron chi connectivity index (χ3n) is 4.93.